The highest BCUT2D eigenvalue weighted by Gasteiger charge is 2.33. The van der Waals surface area contributed by atoms with E-state index < -0.39 is 0 Å². The standard InChI is InChI=1S/C12H25NO/c1-5-6-7-8-12(4)9-13-10(2)11(3)14-12/h10-11,13H,5-9H2,1-4H3. The Morgan fingerprint density at radius 1 is 1.36 bits per heavy atom. The van der Waals surface area contributed by atoms with Gasteiger partial charge < -0.3 is 10.1 Å². The van der Waals surface area contributed by atoms with E-state index in [1.807, 2.05) is 0 Å². The summed E-state index contributed by atoms with van der Waals surface area (Å²) in [7, 11) is 0. The summed E-state index contributed by atoms with van der Waals surface area (Å²) in [5.74, 6) is 0. The second kappa shape index (κ2) is 5.13. The van der Waals surface area contributed by atoms with Crippen molar-refractivity contribution in [2.45, 2.75) is 71.1 Å². The smallest absolute Gasteiger partial charge is 0.0782 e. The molecule has 1 N–H and O–H groups in total. The molecule has 0 amide bonds. The molecule has 1 aliphatic heterocycles. The zero-order chi connectivity index (χ0) is 10.6. The minimum Gasteiger partial charge on any atom is -0.369 e. The Hall–Kier alpha value is -0.0800. The summed E-state index contributed by atoms with van der Waals surface area (Å²) in [5.41, 5.74) is 0.0705. The van der Waals surface area contributed by atoms with Crippen molar-refractivity contribution in [3.63, 3.8) is 0 Å². The third-order valence-electron chi connectivity index (χ3n) is 3.28. The number of ether oxygens (including phenoxy) is 1. The molecule has 0 spiro atoms. The SMILES string of the molecule is CCCCCC1(C)CNC(C)C(C)O1. The molecule has 0 radical (unpaired) electrons. The quantitative estimate of drug-likeness (QED) is 0.703. The van der Waals surface area contributed by atoms with Gasteiger partial charge in [-0.05, 0) is 27.2 Å². The molecule has 1 heterocycles. The van der Waals surface area contributed by atoms with E-state index in [1.165, 1.54) is 25.7 Å². The van der Waals surface area contributed by atoms with Crippen molar-refractivity contribution < 1.29 is 4.74 Å². The summed E-state index contributed by atoms with van der Waals surface area (Å²) in [5, 5.41) is 3.52. The molecule has 1 fully saturated rings. The number of hydrogen-bond donors (Lipinski definition) is 1. The molecular weight excluding hydrogens is 174 g/mol. The van der Waals surface area contributed by atoms with Crippen molar-refractivity contribution in [3.8, 4) is 0 Å². The number of rotatable bonds is 4. The van der Waals surface area contributed by atoms with Crippen LogP contribution in [0.3, 0.4) is 0 Å². The molecular formula is C12H25NO. The van der Waals surface area contributed by atoms with Crippen molar-refractivity contribution in [2.75, 3.05) is 6.54 Å². The van der Waals surface area contributed by atoms with Gasteiger partial charge in [0, 0.05) is 12.6 Å². The number of morpholine rings is 1. The molecule has 1 aliphatic rings. The molecule has 14 heavy (non-hydrogen) atoms. The van der Waals surface area contributed by atoms with Crippen LogP contribution in [0.4, 0.5) is 0 Å². The van der Waals surface area contributed by atoms with Crippen LogP contribution in [0.1, 0.15) is 53.4 Å². The second-order valence-corrected chi connectivity index (χ2v) is 4.90. The predicted molar refractivity (Wildman–Crippen MR) is 60.6 cm³/mol. The van der Waals surface area contributed by atoms with Gasteiger partial charge in [-0.3, -0.25) is 0 Å². The molecule has 3 unspecified atom stereocenters. The van der Waals surface area contributed by atoms with Crippen LogP contribution >= 0.6 is 0 Å². The molecule has 84 valence electrons. The van der Waals surface area contributed by atoms with Crippen molar-refractivity contribution in [1.82, 2.24) is 5.32 Å². The minimum atomic E-state index is 0.0705. The summed E-state index contributed by atoms with van der Waals surface area (Å²) in [6.07, 6.45) is 5.43. The maximum Gasteiger partial charge on any atom is 0.0782 e. The van der Waals surface area contributed by atoms with E-state index in [0.717, 1.165) is 6.54 Å². The van der Waals surface area contributed by atoms with Gasteiger partial charge in [0.2, 0.25) is 0 Å². The molecule has 0 aromatic heterocycles. The van der Waals surface area contributed by atoms with Gasteiger partial charge in [0.25, 0.3) is 0 Å². The fourth-order valence-corrected chi connectivity index (χ4v) is 2.03. The van der Waals surface area contributed by atoms with Gasteiger partial charge in [0.1, 0.15) is 0 Å². The molecule has 0 aromatic rings. The lowest BCUT2D eigenvalue weighted by atomic mass is 9.94. The van der Waals surface area contributed by atoms with Crippen LogP contribution in [0.15, 0.2) is 0 Å². The van der Waals surface area contributed by atoms with E-state index in [2.05, 4.69) is 33.0 Å². The van der Waals surface area contributed by atoms with Crippen LogP contribution in [0.25, 0.3) is 0 Å². The molecule has 0 bridgehead atoms. The Labute approximate surface area is 88.4 Å². The fourth-order valence-electron chi connectivity index (χ4n) is 2.03. The second-order valence-electron chi connectivity index (χ2n) is 4.90. The first-order valence-electron chi connectivity index (χ1n) is 5.98. The first-order chi connectivity index (χ1) is 6.57. The third kappa shape index (κ3) is 3.25. The van der Waals surface area contributed by atoms with Crippen LogP contribution < -0.4 is 5.32 Å². The summed E-state index contributed by atoms with van der Waals surface area (Å²) in [6, 6.07) is 0.495. The number of hydrogen-bond acceptors (Lipinski definition) is 2. The first kappa shape index (κ1) is 12.0. The highest BCUT2D eigenvalue weighted by atomic mass is 16.5. The van der Waals surface area contributed by atoms with Crippen LogP contribution in [0, 0.1) is 0 Å². The largest absolute Gasteiger partial charge is 0.369 e. The highest BCUT2D eigenvalue weighted by Crippen LogP contribution is 2.25. The molecule has 2 heteroatoms. The van der Waals surface area contributed by atoms with Crippen molar-refractivity contribution >= 4 is 0 Å². The Bertz CT molecular complexity index is 172. The third-order valence-corrected chi connectivity index (χ3v) is 3.28. The summed E-state index contributed by atoms with van der Waals surface area (Å²) in [4.78, 5) is 0. The van der Waals surface area contributed by atoms with Crippen molar-refractivity contribution in [1.29, 1.82) is 0 Å². The van der Waals surface area contributed by atoms with E-state index in [9.17, 15) is 0 Å². The fraction of sp³-hybridized carbons (Fsp3) is 1.00. The maximum atomic E-state index is 6.07. The average molecular weight is 199 g/mol. The zero-order valence-electron chi connectivity index (χ0n) is 10.1. The van der Waals surface area contributed by atoms with Gasteiger partial charge >= 0.3 is 0 Å². The van der Waals surface area contributed by atoms with E-state index in [-0.39, 0.29) is 5.60 Å². The average Bonchev–Trinajstić information content (AvgIpc) is 2.13. The van der Waals surface area contributed by atoms with Crippen LogP contribution in [0.2, 0.25) is 0 Å². The van der Waals surface area contributed by atoms with Gasteiger partial charge in [-0.1, -0.05) is 26.2 Å². The van der Waals surface area contributed by atoms with E-state index in [0.29, 0.717) is 12.1 Å². The molecule has 1 saturated heterocycles. The van der Waals surface area contributed by atoms with Crippen LogP contribution in [-0.4, -0.2) is 24.3 Å². The maximum absolute atomic E-state index is 6.07. The molecule has 2 nitrogen and oxygen atoms in total. The number of unbranched alkanes of at least 4 members (excludes halogenated alkanes) is 2. The molecule has 0 aliphatic carbocycles. The summed E-state index contributed by atoms with van der Waals surface area (Å²) >= 11 is 0. The van der Waals surface area contributed by atoms with Crippen LogP contribution in [-0.2, 0) is 4.74 Å². The van der Waals surface area contributed by atoms with E-state index in [4.69, 9.17) is 4.74 Å². The van der Waals surface area contributed by atoms with Gasteiger partial charge in [-0.25, -0.2) is 0 Å². The molecule has 0 saturated carbocycles. The van der Waals surface area contributed by atoms with Gasteiger partial charge in [-0.2, -0.15) is 0 Å². The van der Waals surface area contributed by atoms with Gasteiger partial charge in [-0.15, -0.1) is 0 Å². The number of nitrogens with one attached hydrogen (secondary N) is 1. The zero-order valence-corrected chi connectivity index (χ0v) is 10.1. The van der Waals surface area contributed by atoms with Crippen molar-refractivity contribution in [2.24, 2.45) is 0 Å². The Morgan fingerprint density at radius 2 is 2.07 bits per heavy atom. The topological polar surface area (TPSA) is 21.3 Å². The normalized spacial score (nSPS) is 38.6. The monoisotopic (exact) mass is 199 g/mol. The Kier molecular flexibility index (Phi) is 4.39. The summed E-state index contributed by atoms with van der Waals surface area (Å²) in [6.45, 7) is 9.83. The van der Waals surface area contributed by atoms with Gasteiger partial charge in [0.15, 0.2) is 0 Å². The Morgan fingerprint density at radius 3 is 2.64 bits per heavy atom. The summed E-state index contributed by atoms with van der Waals surface area (Å²) < 4.78 is 6.07. The lowest BCUT2D eigenvalue weighted by Crippen LogP contribution is -2.55. The lowest BCUT2D eigenvalue weighted by molar-refractivity contribution is -0.119. The minimum absolute atomic E-state index is 0.0705. The van der Waals surface area contributed by atoms with Crippen molar-refractivity contribution in [3.05, 3.63) is 0 Å². The Balaban J connectivity index is 2.34. The van der Waals surface area contributed by atoms with E-state index >= 15 is 0 Å². The predicted octanol–water partition coefficient (Wildman–Crippen LogP) is 2.72. The molecule has 1 rings (SSSR count). The first-order valence-corrected chi connectivity index (χ1v) is 5.98. The highest BCUT2D eigenvalue weighted by molar-refractivity contribution is 4.87. The molecule has 3 atom stereocenters. The van der Waals surface area contributed by atoms with E-state index in [1.54, 1.807) is 0 Å². The lowest BCUT2D eigenvalue weighted by Gasteiger charge is -2.41. The van der Waals surface area contributed by atoms with Gasteiger partial charge in [0.05, 0.1) is 11.7 Å². The molecule has 0 aromatic carbocycles. The van der Waals surface area contributed by atoms with Crippen LogP contribution in [0.5, 0.6) is 0 Å².